The van der Waals surface area contributed by atoms with E-state index in [2.05, 4.69) is 4.98 Å². The highest BCUT2D eigenvalue weighted by molar-refractivity contribution is 5.97. The van der Waals surface area contributed by atoms with Crippen molar-refractivity contribution in [3.63, 3.8) is 0 Å². The van der Waals surface area contributed by atoms with Gasteiger partial charge in [0.15, 0.2) is 0 Å². The maximum absolute atomic E-state index is 13.7. The number of nitrogens with zero attached hydrogens (tertiary/aromatic N) is 2. The molecule has 184 valence electrons. The lowest BCUT2D eigenvalue weighted by Crippen LogP contribution is -2.44. The van der Waals surface area contributed by atoms with Gasteiger partial charge in [0.2, 0.25) is 5.91 Å². The summed E-state index contributed by atoms with van der Waals surface area (Å²) in [6.07, 6.45) is 4.22. The van der Waals surface area contributed by atoms with Crippen LogP contribution in [0.4, 0.5) is 8.78 Å². The Balaban J connectivity index is 1.35. The Labute approximate surface area is 208 Å². The van der Waals surface area contributed by atoms with E-state index in [1.807, 2.05) is 30.5 Å². The number of fused-ring (bicyclic) bond motifs is 1. The molecule has 0 spiro atoms. The third-order valence-electron chi connectivity index (χ3n) is 6.59. The molecule has 1 saturated carbocycles. The lowest BCUT2D eigenvalue weighted by molar-refractivity contribution is -0.132. The summed E-state index contributed by atoms with van der Waals surface area (Å²) in [6.45, 7) is 0.647. The van der Waals surface area contributed by atoms with Gasteiger partial charge in [-0.25, -0.2) is 8.78 Å². The van der Waals surface area contributed by atoms with Gasteiger partial charge in [-0.15, -0.1) is 0 Å². The van der Waals surface area contributed by atoms with Crippen molar-refractivity contribution < 1.29 is 18.4 Å². The van der Waals surface area contributed by atoms with Crippen molar-refractivity contribution in [2.75, 3.05) is 13.1 Å². The van der Waals surface area contributed by atoms with E-state index in [4.69, 9.17) is 0 Å². The van der Waals surface area contributed by atoms with Gasteiger partial charge in [0.1, 0.15) is 18.2 Å². The van der Waals surface area contributed by atoms with Crippen LogP contribution in [0.2, 0.25) is 0 Å². The molecule has 5 nitrogen and oxygen atoms in total. The highest BCUT2D eigenvalue weighted by atomic mass is 19.1. The number of carbonyl (C=O) groups excluding carboxylic acids is 2. The van der Waals surface area contributed by atoms with Gasteiger partial charge in [-0.05, 0) is 66.8 Å². The number of aromatic nitrogens is 1. The molecule has 0 saturated heterocycles. The zero-order valence-electron chi connectivity index (χ0n) is 19.8. The summed E-state index contributed by atoms with van der Waals surface area (Å²) in [5.41, 5.74) is 3.17. The fourth-order valence-corrected chi connectivity index (χ4v) is 4.48. The molecular formula is C29H27F2N3O2. The Hall–Kier alpha value is -4.00. The van der Waals surface area contributed by atoms with Crippen molar-refractivity contribution >= 4 is 22.7 Å². The number of rotatable bonds is 9. The average Bonchev–Trinajstić information content (AvgIpc) is 3.65. The van der Waals surface area contributed by atoms with E-state index in [9.17, 15) is 18.4 Å². The second-order valence-electron chi connectivity index (χ2n) is 9.23. The van der Waals surface area contributed by atoms with Crippen LogP contribution in [0.1, 0.15) is 34.3 Å². The van der Waals surface area contributed by atoms with Crippen LogP contribution in [0.5, 0.6) is 0 Å². The van der Waals surface area contributed by atoms with Crippen molar-refractivity contribution in [1.82, 2.24) is 14.8 Å². The standard InChI is InChI=1S/C29H27F2N3O2/c30-23-10-8-20(9-11-23)18-33(15-14-22-17-32-27-7-2-1-6-26(22)27)28(35)19-34(25-12-13-25)29(36)21-4-3-5-24(31)16-21/h1-11,16-17,25,32H,12-15,18-19H2. The number of H-pyrrole nitrogens is 1. The van der Waals surface area contributed by atoms with E-state index in [-0.39, 0.29) is 35.8 Å². The first-order valence-corrected chi connectivity index (χ1v) is 12.1. The number of halogens is 2. The lowest BCUT2D eigenvalue weighted by Gasteiger charge is -2.28. The van der Waals surface area contributed by atoms with Crippen molar-refractivity contribution in [1.29, 1.82) is 0 Å². The maximum atomic E-state index is 13.7. The van der Waals surface area contributed by atoms with Crippen LogP contribution < -0.4 is 0 Å². The second kappa shape index (κ2) is 10.3. The minimum Gasteiger partial charge on any atom is -0.361 e. The number of benzene rings is 3. The summed E-state index contributed by atoms with van der Waals surface area (Å²) in [4.78, 5) is 33.3. The lowest BCUT2D eigenvalue weighted by atomic mass is 10.1. The molecule has 36 heavy (non-hydrogen) atoms. The van der Waals surface area contributed by atoms with Crippen LogP contribution >= 0.6 is 0 Å². The van der Waals surface area contributed by atoms with Gasteiger partial charge in [-0.3, -0.25) is 9.59 Å². The first-order chi connectivity index (χ1) is 17.5. The molecule has 0 radical (unpaired) electrons. The van der Waals surface area contributed by atoms with E-state index in [1.165, 1.54) is 30.3 Å². The second-order valence-corrected chi connectivity index (χ2v) is 9.23. The fourth-order valence-electron chi connectivity index (χ4n) is 4.48. The normalized spacial score (nSPS) is 13.1. The number of hydrogen-bond donors (Lipinski definition) is 1. The molecule has 1 heterocycles. The molecule has 7 heteroatoms. The average molecular weight is 488 g/mol. The largest absolute Gasteiger partial charge is 0.361 e. The molecule has 0 aliphatic heterocycles. The molecule has 1 aliphatic rings. The predicted molar refractivity (Wildman–Crippen MR) is 134 cm³/mol. The molecule has 1 aromatic heterocycles. The predicted octanol–water partition coefficient (Wildman–Crippen LogP) is 5.32. The molecule has 4 aromatic rings. The molecule has 0 unspecified atom stereocenters. The Bertz CT molecular complexity index is 1380. The zero-order chi connectivity index (χ0) is 25.1. The molecule has 1 aliphatic carbocycles. The zero-order valence-corrected chi connectivity index (χ0v) is 19.8. The number of nitrogens with one attached hydrogen (secondary N) is 1. The van der Waals surface area contributed by atoms with Crippen LogP contribution in [0.15, 0.2) is 79.0 Å². The van der Waals surface area contributed by atoms with Crippen molar-refractivity contribution in [2.45, 2.75) is 31.8 Å². The monoisotopic (exact) mass is 487 g/mol. The first-order valence-electron chi connectivity index (χ1n) is 12.1. The molecule has 3 aromatic carbocycles. The topological polar surface area (TPSA) is 56.4 Å². The summed E-state index contributed by atoms with van der Waals surface area (Å²) in [7, 11) is 0. The number of carbonyl (C=O) groups is 2. The minimum absolute atomic E-state index is 0.0222. The quantitative estimate of drug-likeness (QED) is 0.347. The van der Waals surface area contributed by atoms with Gasteiger partial charge in [-0.1, -0.05) is 36.4 Å². The number of hydrogen-bond acceptors (Lipinski definition) is 2. The van der Waals surface area contributed by atoms with Gasteiger partial charge in [0.05, 0.1) is 0 Å². The summed E-state index contributed by atoms with van der Waals surface area (Å²) in [6, 6.07) is 19.6. The van der Waals surface area contributed by atoms with E-state index < -0.39 is 5.82 Å². The van der Waals surface area contributed by atoms with Crippen molar-refractivity contribution in [3.05, 3.63) is 107 Å². The van der Waals surface area contributed by atoms with Crippen molar-refractivity contribution in [3.8, 4) is 0 Å². The Kier molecular flexibility index (Phi) is 6.80. The number of aromatic amines is 1. The van der Waals surface area contributed by atoms with Gasteiger partial charge < -0.3 is 14.8 Å². The minimum atomic E-state index is -0.486. The van der Waals surface area contributed by atoms with E-state index in [0.717, 1.165) is 34.9 Å². The molecule has 2 amide bonds. The third kappa shape index (κ3) is 5.46. The van der Waals surface area contributed by atoms with Crippen LogP contribution in [-0.4, -0.2) is 45.7 Å². The summed E-state index contributed by atoms with van der Waals surface area (Å²) in [5.74, 6) is -1.37. The van der Waals surface area contributed by atoms with Crippen LogP contribution in [0, 0.1) is 11.6 Å². The highest BCUT2D eigenvalue weighted by Gasteiger charge is 2.35. The van der Waals surface area contributed by atoms with Crippen LogP contribution in [0.3, 0.4) is 0 Å². The number of amides is 2. The fraction of sp³-hybridized carbons (Fsp3) is 0.241. The first kappa shape index (κ1) is 23.7. The SMILES string of the molecule is O=C(CN(C(=O)c1cccc(F)c1)C1CC1)N(CCc1c[nH]c2ccccc12)Cc1ccc(F)cc1. The highest BCUT2D eigenvalue weighted by Crippen LogP contribution is 2.29. The van der Waals surface area contributed by atoms with Gasteiger partial charge in [0, 0.05) is 41.8 Å². The summed E-state index contributed by atoms with van der Waals surface area (Å²) in [5, 5.41) is 1.10. The van der Waals surface area contributed by atoms with Gasteiger partial charge >= 0.3 is 0 Å². The van der Waals surface area contributed by atoms with E-state index in [0.29, 0.717) is 19.5 Å². The summed E-state index contributed by atoms with van der Waals surface area (Å²) < 4.78 is 27.2. The third-order valence-corrected chi connectivity index (χ3v) is 6.59. The smallest absolute Gasteiger partial charge is 0.254 e. The molecule has 0 atom stereocenters. The molecule has 1 N–H and O–H groups in total. The van der Waals surface area contributed by atoms with Crippen LogP contribution in [0.25, 0.3) is 10.9 Å². The Morgan fingerprint density at radius 2 is 1.69 bits per heavy atom. The van der Waals surface area contributed by atoms with E-state index in [1.54, 1.807) is 28.0 Å². The molecular weight excluding hydrogens is 460 g/mol. The van der Waals surface area contributed by atoms with Gasteiger partial charge in [-0.2, -0.15) is 0 Å². The Morgan fingerprint density at radius 3 is 2.44 bits per heavy atom. The van der Waals surface area contributed by atoms with Crippen LogP contribution in [-0.2, 0) is 17.8 Å². The van der Waals surface area contributed by atoms with Gasteiger partial charge in [0.25, 0.3) is 5.91 Å². The Morgan fingerprint density at radius 1 is 0.917 bits per heavy atom. The van der Waals surface area contributed by atoms with Crippen molar-refractivity contribution in [2.24, 2.45) is 0 Å². The number of para-hydroxylation sites is 1. The molecule has 0 bridgehead atoms. The molecule has 5 rings (SSSR count). The maximum Gasteiger partial charge on any atom is 0.254 e. The van der Waals surface area contributed by atoms with E-state index >= 15 is 0 Å². The molecule has 1 fully saturated rings. The summed E-state index contributed by atoms with van der Waals surface area (Å²) >= 11 is 0.